The van der Waals surface area contributed by atoms with E-state index in [4.69, 9.17) is 11.6 Å². The SMILES string of the molecule is CC(=O)CCc1c(Cl)nc(C)c2c1CCCC2. The van der Waals surface area contributed by atoms with E-state index in [1.807, 2.05) is 6.92 Å². The van der Waals surface area contributed by atoms with Crippen molar-refractivity contribution in [2.24, 2.45) is 0 Å². The van der Waals surface area contributed by atoms with Gasteiger partial charge >= 0.3 is 0 Å². The topological polar surface area (TPSA) is 30.0 Å². The molecule has 1 aromatic heterocycles. The summed E-state index contributed by atoms with van der Waals surface area (Å²) in [7, 11) is 0. The molecule has 1 aliphatic carbocycles. The maximum atomic E-state index is 11.1. The normalized spacial score (nSPS) is 14.5. The van der Waals surface area contributed by atoms with Crippen molar-refractivity contribution in [3.63, 3.8) is 0 Å². The summed E-state index contributed by atoms with van der Waals surface area (Å²) in [6.07, 6.45) is 5.97. The van der Waals surface area contributed by atoms with Crippen LogP contribution < -0.4 is 0 Å². The Hall–Kier alpha value is -0.890. The van der Waals surface area contributed by atoms with Crippen LogP contribution in [0.5, 0.6) is 0 Å². The van der Waals surface area contributed by atoms with Crippen molar-refractivity contribution >= 4 is 17.4 Å². The molecule has 0 amide bonds. The van der Waals surface area contributed by atoms with Crippen LogP contribution in [-0.2, 0) is 24.1 Å². The molecular formula is C14H18ClNO. The number of carbonyl (C=O) groups excluding carboxylic acids is 1. The second-order valence-electron chi connectivity index (χ2n) is 4.83. The number of nitrogens with zero attached hydrogens (tertiary/aromatic N) is 1. The first-order valence-electron chi connectivity index (χ1n) is 6.25. The molecule has 92 valence electrons. The van der Waals surface area contributed by atoms with Crippen molar-refractivity contribution in [3.8, 4) is 0 Å². The Balaban J connectivity index is 2.39. The molecule has 0 aliphatic heterocycles. The number of Topliss-reactive ketones (excluding diaryl/α,β-unsaturated/α-hetero) is 1. The Morgan fingerprint density at radius 1 is 1.29 bits per heavy atom. The summed E-state index contributed by atoms with van der Waals surface area (Å²) in [6.45, 7) is 3.66. The Morgan fingerprint density at radius 2 is 1.94 bits per heavy atom. The van der Waals surface area contributed by atoms with E-state index in [2.05, 4.69) is 4.98 Å². The Morgan fingerprint density at radius 3 is 2.59 bits per heavy atom. The lowest BCUT2D eigenvalue weighted by Gasteiger charge is -2.21. The molecular weight excluding hydrogens is 234 g/mol. The molecule has 0 saturated carbocycles. The van der Waals surface area contributed by atoms with Crippen LogP contribution in [0.3, 0.4) is 0 Å². The Kier molecular flexibility index (Phi) is 3.82. The van der Waals surface area contributed by atoms with E-state index in [0.29, 0.717) is 11.6 Å². The van der Waals surface area contributed by atoms with Crippen molar-refractivity contribution in [3.05, 3.63) is 27.5 Å². The molecule has 2 rings (SSSR count). The predicted octanol–water partition coefficient (Wildman–Crippen LogP) is 3.44. The smallest absolute Gasteiger partial charge is 0.132 e. The molecule has 0 radical (unpaired) electrons. The predicted molar refractivity (Wildman–Crippen MR) is 69.6 cm³/mol. The quantitative estimate of drug-likeness (QED) is 0.771. The van der Waals surface area contributed by atoms with Gasteiger partial charge < -0.3 is 4.79 Å². The zero-order valence-corrected chi connectivity index (χ0v) is 11.2. The first kappa shape index (κ1) is 12.6. The highest BCUT2D eigenvalue weighted by Gasteiger charge is 2.19. The van der Waals surface area contributed by atoms with Crippen LogP contribution in [0.4, 0.5) is 0 Å². The van der Waals surface area contributed by atoms with Gasteiger partial charge in [-0.05, 0) is 62.6 Å². The minimum atomic E-state index is 0.214. The molecule has 1 aromatic rings. The van der Waals surface area contributed by atoms with Crippen LogP contribution >= 0.6 is 11.6 Å². The third-order valence-electron chi connectivity index (χ3n) is 3.51. The summed E-state index contributed by atoms with van der Waals surface area (Å²) in [5, 5.41) is 0.601. The number of hydrogen-bond acceptors (Lipinski definition) is 2. The minimum absolute atomic E-state index is 0.214. The van der Waals surface area contributed by atoms with Crippen LogP contribution in [0.1, 0.15) is 48.6 Å². The lowest BCUT2D eigenvalue weighted by molar-refractivity contribution is -0.116. The molecule has 2 nitrogen and oxygen atoms in total. The van der Waals surface area contributed by atoms with Crippen molar-refractivity contribution in [1.29, 1.82) is 0 Å². The highest BCUT2D eigenvalue weighted by molar-refractivity contribution is 6.30. The summed E-state index contributed by atoms with van der Waals surface area (Å²) < 4.78 is 0. The van der Waals surface area contributed by atoms with Gasteiger partial charge in [0.1, 0.15) is 10.9 Å². The average molecular weight is 252 g/mol. The lowest BCUT2D eigenvalue weighted by atomic mass is 9.87. The van der Waals surface area contributed by atoms with E-state index >= 15 is 0 Å². The Bertz CT molecular complexity index is 454. The highest BCUT2D eigenvalue weighted by Crippen LogP contribution is 2.31. The van der Waals surface area contributed by atoms with Crippen LogP contribution in [0.2, 0.25) is 5.15 Å². The van der Waals surface area contributed by atoms with E-state index in [9.17, 15) is 4.79 Å². The Labute approximate surface area is 107 Å². The molecule has 1 aliphatic rings. The van der Waals surface area contributed by atoms with Gasteiger partial charge in [0, 0.05) is 12.1 Å². The minimum Gasteiger partial charge on any atom is -0.300 e. The number of ketones is 1. The second-order valence-corrected chi connectivity index (χ2v) is 5.19. The van der Waals surface area contributed by atoms with Crippen molar-refractivity contribution in [1.82, 2.24) is 4.98 Å². The maximum Gasteiger partial charge on any atom is 0.132 e. The first-order chi connectivity index (χ1) is 8.09. The van der Waals surface area contributed by atoms with Crippen molar-refractivity contribution in [2.75, 3.05) is 0 Å². The highest BCUT2D eigenvalue weighted by atomic mass is 35.5. The fourth-order valence-corrected chi connectivity index (χ4v) is 2.93. The number of hydrogen-bond donors (Lipinski definition) is 0. The molecule has 0 fully saturated rings. The second kappa shape index (κ2) is 5.18. The van der Waals surface area contributed by atoms with E-state index < -0.39 is 0 Å². The third-order valence-corrected chi connectivity index (χ3v) is 3.82. The molecule has 0 saturated heterocycles. The van der Waals surface area contributed by atoms with Gasteiger partial charge in [0.2, 0.25) is 0 Å². The van der Waals surface area contributed by atoms with Crippen LogP contribution in [0.25, 0.3) is 0 Å². The summed E-state index contributed by atoms with van der Waals surface area (Å²) in [5.74, 6) is 0.214. The van der Waals surface area contributed by atoms with Gasteiger partial charge in [-0.2, -0.15) is 0 Å². The van der Waals surface area contributed by atoms with E-state index in [1.165, 1.54) is 24.0 Å². The van der Waals surface area contributed by atoms with Gasteiger partial charge in [0.15, 0.2) is 0 Å². The molecule has 0 spiro atoms. The van der Waals surface area contributed by atoms with E-state index in [-0.39, 0.29) is 5.78 Å². The molecule has 3 heteroatoms. The van der Waals surface area contributed by atoms with Crippen molar-refractivity contribution < 1.29 is 4.79 Å². The number of aromatic nitrogens is 1. The summed E-state index contributed by atoms with van der Waals surface area (Å²) in [5.41, 5.74) is 4.92. The zero-order chi connectivity index (χ0) is 12.4. The summed E-state index contributed by atoms with van der Waals surface area (Å²) in [4.78, 5) is 15.5. The van der Waals surface area contributed by atoms with Crippen LogP contribution in [0, 0.1) is 6.92 Å². The molecule has 0 bridgehead atoms. The number of carbonyl (C=O) groups is 1. The van der Waals surface area contributed by atoms with Gasteiger partial charge in [-0.1, -0.05) is 11.6 Å². The van der Waals surface area contributed by atoms with Gasteiger partial charge in [0.25, 0.3) is 0 Å². The van der Waals surface area contributed by atoms with Gasteiger partial charge in [-0.15, -0.1) is 0 Å². The fourth-order valence-electron chi connectivity index (χ4n) is 2.60. The van der Waals surface area contributed by atoms with Crippen molar-refractivity contribution in [2.45, 2.75) is 52.4 Å². The molecule has 17 heavy (non-hydrogen) atoms. The summed E-state index contributed by atoms with van der Waals surface area (Å²) >= 11 is 6.23. The van der Waals surface area contributed by atoms with Gasteiger partial charge in [-0.25, -0.2) is 4.98 Å². The van der Waals surface area contributed by atoms with E-state index in [1.54, 1.807) is 6.92 Å². The number of pyridine rings is 1. The number of fused-ring (bicyclic) bond motifs is 1. The molecule has 0 N–H and O–H groups in total. The third kappa shape index (κ3) is 2.68. The number of rotatable bonds is 3. The molecule has 1 heterocycles. The van der Waals surface area contributed by atoms with Crippen LogP contribution in [-0.4, -0.2) is 10.8 Å². The zero-order valence-electron chi connectivity index (χ0n) is 10.5. The monoisotopic (exact) mass is 251 g/mol. The standard InChI is InChI=1S/C14H18ClNO/c1-9(17)7-8-13-12-6-4-3-5-11(12)10(2)16-14(13)15/h3-8H2,1-2H3. The summed E-state index contributed by atoms with van der Waals surface area (Å²) in [6, 6.07) is 0. The molecule has 0 aromatic carbocycles. The van der Waals surface area contributed by atoms with Crippen LogP contribution in [0.15, 0.2) is 0 Å². The van der Waals surface area contributed by atoms with E-state index in [0.717, 1.165) is 30.5 Å². The maximum absolute atomic E-state index is 11.1. The number of aryl methyl sites for hydroxylation is 1. The average Bonchev–Trinajstić information content (AvgIpc) is 2.28. The largest absolute Gasteiger partial charge is 0.300 e. The first-order valence-corrected chi connectivity index (χ1v) is 6.63. The van der Waals surface area contributed by atoms with Gasteiger partial charge in [-0.3, -0.25) is 0 Å². The van der Waals surface area contributed by atoms with Gasteiger partial charge in [0.05, 0.1) is 0 Å². The molecule has 0 unspecified atom stereocenters. The fraction of sp³-hybridized carbons (Fsp3) is 0.571. The lowest BCUT2D eigenvalue weighted by Crippen LogP contribution is -2.12. The number of halogens is 1. The molecule has 0 atom stereocenters.